The first-order valence-corrected chi connectivity index (χ1v) is 10.9. The summed E-state index contributed by atoms with van der Waals surface area (Å²) in [6.07, 6.45) is 1.98. The van der Waals surface area contributed by atoms with Crippen LogP contribution in [-0.4, -0.2) is 6.21 Å². The second-order valence-electron chi connectivity index (χ2n) is 8.23. The third kappa shape index (κ3) is 4.00. The third-order valence-electron chi connectivity index (χ3n) is 5.85. The van der Waals surface area contributed by atoms with Gasteiger partial charge in [0.15, 0.2) is 0 Å². The lowest BCUT2D eigenvalue weighted by Crippen LogP contribution is -2.17. The quantitative estimate of drug-likeness (QED) is 0.314. The Morgan fingerprint density at radius 2 is 1.31 bits per heavy atom. The molecule has 2 heteroatoms. The summed E-state index contributed by atoms with van der Waals surface area (Å²) in [7, 11) is 0. The summed E-state index contributed by atoms with van der Waals surface area (Å²) < 4.78 is 6.50. The van der Waals surface area contributed by atoms with Crippen molar-refractivity contribution >= 4 is 17.7 Å². The van der Waals surface area contributed by atoms with Crippen molar-refractivity contribution in [3.8, 4) is 5.75 Å². The van der Waals surface area contributed by atoms with Gasteiger partial charge < -0.3 is 4.74 Å². The molecule has 4 aromatic rings. The first-order valence-electron chi connectivity index (χ1n) is 10.9. The van der Waals surface area contributed by atoms with E-state index < -0.39 is 0 Å². The first kappa shape index (κ1) is 20.0. The molecule has 1 aliphatic rings. The van der Waals surface area contributed by atoms with Crippen LogP contribution in [-0.2, 0) is 0 Å². The van der Waals surface area contributed by atoms with E-state index in [4.69, 9.17) is 9.73 Å². The fourth-order valence-corrected chi connectivity index (χ4v) is 4.12. The number of allylic oxidation sites excluding steroid dienone is 1. The molecule has 0 radical (unpaired) electrons. The molecular weight excluding hydrogens is 390 g/mol. The minimum absolute atomic E-state index is 0.0324. The van der Waals surface area contributed by atoms with Gasteiger partial charge in [-0.15, -0.1) is 0 Å². The minimum atomic E-state index is 0.0324. The molecule has 0 N–H and O–H groups in total. The van der Waals surface area contributed by atoms with Crippen molar-refractivity contribution in [2.45, 2.75) is 19.8 Å². The molecule has 0 amide bonds. The molecule has 2 nitrogen and oxygen atoms in total. The predicted octanol–water partition coefficient (Wildman–Crippen LogP) is 7.64. The molecule has 5 rings (SSSR count). The maximum absolute atomic E-state index is 6.50. The Labute approximate surface area is 189 Å². The lowest BCUT2D eigenvalue weighted by molar-refractivity contribution is 0.489. The standard InChI is InChI=1S/C30H25NO/c1-21-12-16-23(17-13-21)29-26-10-6-7-11-28(26)32-30(24-8-4-3-5-9-24)27(29)20-31-25-18-14-22(2)15-19-25/h3-20,29H,1-2H3/t29-/m1/s1. The van der Waals surface area contributed by atoms with Crippen LogP contribution in [0, 0.1) is 13.8 Å². The molecule has 0 aliphatic carbocycles. The van der Waals surface area contributed by atoms with Crippen molar-refractivity contribution in [3.63, 3.8) is 0 Å². The van der Waals surface area contributed by atoms with Crippen molar-refractivity contribution in [2.24, 2.45) is 4.99 Å². The summed E-state index contributed by atoms with van der Waals surface area (Å²) in [4.78, 5) is 4.85. The molecular formula is C30H25NO. The Balaban J connectivity index is 1.71. The van der Waals surface area contributed by atoms with E-state index in [1.807, 2.05) is 48.7 Å². The highest BCUT2D eigenvalue weighted by Crippen LogP contribution is 2.45. The van der Waals surface area contributed by atoms with E-state index in [0.29, 0.717) is 0 Å². The fourth-order valence-electron chi connectivity index (χ4n) is 4.12. The van der Waals surface area contributed by atoms with Crippen LogP contribution in [0.5, 0.6) is 5.75 Å². The topological polar surface area (TPSA) is 21.6 Å². The third-order valence-corrected chi connectivity index (χ3v) is 5.85. The summed E-state index contributed by atoms with van der Waals surface area (Å²) in [5.41, 5.74) is 7.88. The average Bonchev–Trinajstić information content (AvgIpc) is 2.84. The minimum Gasteiger partial charge on any atom is -0.456 e. The number of hydrogen-bond acceptors (Lipinski definition) is 2. The molecule has 0 unspecified atom stereocenters. The lowest BCUT2D eigenvalue weighted by atomic mass is 9.81. The molecule has 4 aromatic carbocycles. The first-order chi connectivity index (χ1) is 15.7. The maximum atomic E-state index is 6.50. The van der Waals surface area contributed by atoms with Gasteiger partial charge in [-0.3, -0.25) is 4.99 Å². The smallest absolute Gasteiger partial charge is 0.140 e. The van der Waals surface area contributed by atoms with E-state index >= 15 is 0 Å². The Hall–Kier alpha value is -3.91. The molecule has 0 fully saturated rings. The number of hydrogen-bond donors (Lipinski definition) is 0. The van der Waals surface area contributed by atoms with Crippen LogP contribution in [0.3, 0.4) is 0 Å². The summed E-state index contributed by atoms with van der Waals surface area (Å²) in [6, 6.07) is 35.6. The molecule has 1 heterocycles. The largest absolute Gasteiger partial charge is 0.456 e. The van der Waals surface area contributed by atoms with Crippen LogP contribution in [0.25, 0.3) is 5.76 Å². The van der Waals surface area contributed by atoms with Crippen LogP contribution < -0.4 is 4.74 Å². The van der Waals surface area contributed by atoms with Gasteiger partial charge in [0.05, 0.1) is 5.69 Å². The predicted molar refractivity (Wildman–Crippen MR) is 133 cm³/mol. The van der Waals surface area contributed by atoms with E-state index in [2.05, 4.69) is 74.5 Å². The van der Waals surface area contributed by atoms with Crippen LogP contribution in [0.15, 0.2) is 114 Å². The Bertz CT molecular complexity index is 1280. The van der Waals surface area contributed by atoms with Gasteiger partial charge in [0.25, 0.3) is 0 Å². The highest BCUT2D eigenvalue weighted by atomic mass is 16.5. The van der Waals surface area contributed by atoms with E-state index in [1.165, 1.54) is 16.7 Å². The molecule has 156 valence electrons. The van der Waals surface area contributed by atoms with E-state index in [0.717, 1.165) is 33.9 Å². The number of nitrogens with zero attached hydrogens (tertiary/aromatic N) is 1. The van der Waals surface area contributed by atoms with Gasteiger partial charge in [0.2, 0.25) is 0 Å². The van der Waals surface area contributed by atoms with Crippen LogP contribution in [0.2, 0.25) is 0 Å². The fraction of sp³-hybridized carbons (Fsp3) is 0.100. The average molecular weight is 416 g/mol. The zero-order chi connectivity index (χ0) is 21.9. The number of fused-ring (bicyclic) bond motifs is 1. The summed E-state index contributed by atoms with van der Waals surface area (Å²) >= 11 is 0. The highest BCUT2D eigenvalue weighted by Gasteiger charge is 2.30. The molecule has 0 bridgehead atoms. The lowest BCUT2D eigenvalue weighted by Gasteiger charge is -2.30. The molecule has 1 atom stereocenters. The zero-order valence-electron chi connectivity index (χ0n) is 18.3. The molecule has 1 aliphatic heterocycles. The second kappa shape index (κ2) is 8.68. The van der Waals surface area contributed by atoms with Gasteiger partial charge in [-0.1, -0.05) is 96.1 Å². The van der Waals surface area contributed by atoms with Crippen LogP contribution >= 0.6 is 0 Å². The van der Waals surface area contributed by atoms with E-state index in [9.17, 15) is 0 Å². The number of aryl methyl sites for hydroxylation is 2. The van der Waals surface area contributed by atoms with Gasteiger partial charge in [0, 0.05) is 28.8 Å². The SMILES string of the molecule is Cc1ccc(N=CC2=C(c3ccccc3)Oc3ccccc3[C@H]2c2ccc(C)cc2)cc1. The van der Waals surface area contributed by atoms with Crippen molar-refractivity contribution in [3.05, 3.63) is 137 Å². The van der Waals surface area contributed by atoms with E-state index in [1.54, 1.807) is 0 Å². The Morgan fingerprint density at radius 1 is 0.688 bits per heavy atom. The zero-order valence-corrected chi connectivity index (χ0v) is 18.3. The molecule has 0 saturated heterocycles. The normalized spacial score (nSPS) is 15.5. The molecule has 32 heavy (non-hydrogen) atoms. The van der Waals surface area contributed by atoms with Gasteiger partial charge in [-0.05, 0) is 37.6 Å². The second-order valence-corrected chi connectivity index (χ2v) is 8.23. The summed E-state index contributed by atoms with van der Waals surface area (Å²) in [5, 5.41) is 0. The van der Waals surface area contributed by atoms with Crippen LogP contribution in [0.4, 0.5) is 5.69 Å². The van der Waals surface area contributed by atoms with Gasteiger partial charge in [-0.25, -0.2) is 0 Å². The summed E-state index contributed by atoms with van der Waals surface area (Å²) in [5.74, 6) is 1.78. The number of ether oxygens (including phenoxy) is 1. The van der Waals surface area contributed by atoms with Crippen LogP contribution in [0.1, 0.15) is 33.7 Å². The Kier molecular flexibility index (Phi) is 5.43. The highest BCUT2D eigenvalue weighted by molar-refractivity contribution is 5.95. The van der Waals surface area contributed by atoms with Gasteiger partial charge in [0.1, 0.15) is 11.5 Å². The monoisotopic (exact) mass is 415 g/mol. The van der Waals surface area contributed by atoms with Crippen molar-refractivity contribution in [1.82, 2.24) is 0 Å². The summed E-state index contributed by atoms with van der Waals surface area (Å²) in [6.45, 7) is 4.20. The van der Waals surface area contributed by atoms with E-state index in [-0.39, 0.29) is 5.92 Å². The van der Waals surface area contributed by atoms with Gasteiger partial charge in [-0.2, -0.15) is 0 Å². The molecule has 0 saturated carbocycles. The number of benzene rings is 4. The van der Waals surface area contributed by atoms with Crippen molar-refractivity contribution in [1.29, 1.82) is 0 Å². The number of para-hydroxylation sites is 1. The molecule has 0 spiro atoms. The molecule has 0 aromatic heterocycles. The van der Waals surface area contributed by atoms with Crippen molar-refractivity contribution in [2.75, 3.05) is 0 Å². The number of aliphatic imine (C=N–C) groups is 1. The Morgan fingerprint density at radius 3 is 2.03 bits per heavy atom. The van der Waals surface area contributed by atoms with Crippen molar-refractivity contribution < 1.29 is 4.74 Å². The van der Waals surface area contributed by atoms with Gasteiger partial charge >= 0.3 is 0 Å². The number of rotatable bonds is 4. The maximum Gasteiger partial charge on any atom is 0.140 e.